The topological polar surface area (TPSA) is 58.5 Å². The second kappa shape index (κ2) is 9.09. The van der Waals surface area contributed by atoms with Crippen molar-refractivity contribution in [2.24, 2.45) is 10.5 Å². The zero-order valence-corrected chi connectivity index (χ0v) is 18.2. The smallest absolute Gasteiger partial charge is 0.200 e. The van der Waals surface area contributed by atoms with Gasteiger partial charge in [0.15, 0.2) is 0 Å². The summed E-state index contributed by atoms with van der Waals surface area (Å²) < 4.78 is 24.9. The van der Waals surface area contributed by atoms with Gasteiger partial charge in [0.05, 0.1) is 4.90 Å². The van der Waals surface area contributed by atoms with E-state index in [4.69, 9.17) is 0 Å². The van der Waals surface area contributed by atoms with Crippen LogP contribution in [0, 0.1) is 12.3 Å². The van der Waals surface area contributed by atoms with E-state index < -0.39 is 15.4 Å². The minimum Gasteiger partial charge on any atom is -0.200 e. The first kappa shape index (κ1) is 21.5. The van der Waals surface area contributed by atoms with E-state index in [1.54, 1.807) is 30.5 Å². The Kier molecular flexibility index (Phi) is 6.53. The van der Waals surface area contributed by atoms with Crippen molar-refractivity contribution in [1.29, 1.82) is 0 Å². The molecule has 0 radical (unpaired) electrons. The van der Waals surface area contributed by atoms with E-state index in [9.17, 15) is 8.42 Å². The lowest BCUT2D eigenvalue weighted by Gasteiger charge is -2.18. The molecule has 0 amide bonds. The van der Waals surface area contributed by atoms with Crippen LogP contribution in [0.5, 0.6) is 0 Å². The van der Waals surface area contributed by atoms with Crippen molar-refractivity contribution in [2.45, 2.75) is 25.7 Å². The summed E-state index contributed by atoms with van der Waals surface area (Å²) in [7, 11) is -3.70. The molecule has 0 heterocycles. The van der Waals surface area contributed by atoms with E-state index >= 15 is 0 Å². The number of aryl methyl sites for hydroxylation is 1. The first-order valence-corrected chi connectivity index (χ1v) is 11.2. The van der Waals surface area contributed by atoms with Crippen LogP contribution in [0.1, 0.15) is 30.5 Å². The number of hydrogen-bond acceptors (Lipinski definition) is 3. The molecule has 3 aromatic carbocycles. The normalized spacial score (nSPS) is 12.0. The minimum absolute atomic E-state index is 0.188. The van der Waals surface area contributed by atoms with Gasteiger partial charge in [0.2, 0.25) is 0 Å². The second-order valence-electron chi connectivity index (χ2n) is 7.78. The maximum Gasteiger partial charge on any atom is 0.276 e. The SMILES string of the molecule is Cc1ccc(S(=O)(=O)N/N=C\C(C)(C)C=C(c2ccccc2)c2ccccc2)cc1. The van der Waals surface area contributed by atoms with Crippen molar-refractivity contribution in [1.82, 2.24) is 4.83 Å². The highest BCUT2D eigenvalue weighted by Gasteiger charge is 2.17. The summed E-state index contributed by atoms with van der Waals surface area (Å²) in [5, 5.41) is 4.05. The number of rotatable bonds is 7. The van der Waals surface area contributed by atoms with Crippen LogP contribution in [0.25, 0.3) is 5.57 Å². The number of nitrogens with zero attached hydrogens (tertiary/aromatic N) is 1. The molecule has 5 heteroatoms. The Morgan fingerprint density at radius 1 is 0.833 bits per heavy atom. The Morgan fingerprint density at radius 3 is 1.83 bits per heavy atom. The third kappa shape index (κ3) is 5.67. The fourth-order valence-corrected chi connectivity index (χ4v) is 3.80. The molecule has 30 heavy (non-hydrogen) atoms. The van der Waals surface area contributed by atoms with Crippen molar-refractivity contribution < 1.29 is 8.42 Å². The first-order chi connectivity index (χ1) is 14.3. The van der Waals surface area contributed by atoms with Gasteiger partial charge in [0.1, 0.15) is 0 Å². The Bertz CT molecular complexity index is 1090. The summed E-state index contributed by atoms with van der Waals surface area (Å²) in [5.41, 5.74) is 3.75. The van der Waals surface area contributed by atoms with E-state index in [-0.39, 0.29) is 4.90 Å². The number of hydrogen-bond donors (Lipinski definition) is 1. The highest BCUT2D eigenvalue weighted by Crippen LogP contribution is 2.28. The van der Waals surface area contributed by atoms with Gasteiger partial charge in [-0.1, -0.05) is 98.3 Å². The van der Waals surface area contributed by atoms with Crippen molar-refractivity contribution >= 4 is 21.8 Å². The summed E-state index contributed by atoms with van der Waals surface area (Å²) in [6, 6.07) is 26.9. The van der Waals surface area contributed by atoms with Crippen molar-refractivity contribution in [3.63, 3.8) is 0 Å². The molecule has 0 spiro atoms. The average molecular weight is 419 g/mol. The average Bonchev–Trinajstić information content (AvgIpc) is 2.73. The van der Waals surface area contributed by atoms with Gasteiger partial charge in [-0.05, 0) is 35.8 Å². The molecule has 0 unspecified atom stereocenters. The molecule has 0 bridgehead atoms. The van der Waals surface area contributed by atoms with Crippen LogP contribution < -0.4 is 4.83 Å². The lowest BCUT2D eigenvalue weighted by molar-refractivity contribution is 0.583. The summed E-state index contributed by atoms with van der Waals surface area (Å²) in [6.45, 7) is 5.89. The van der Waals surface area contributed by atoms with E-state index in [0.717, 1.165) is 22.3 Å². The quantitative estimate of drug-likeness (QED) is 0.411. The van der Waals surface area contributed by atoms with E-state index in [1.807, 2.05) is 57.2 Å². The molecule has 0 saturated heterocycles. The standard InChI is InChI=1S/C25H26N2O2S/c1-20-14-16-23(17-15-20)30(28,29)27-26-19-25(2,3)18-24(21-10-6-4-7-11-21)22-12-8-5-9-13-22/h4-19,27H,1-3H3/b26-19-. The minimum atomic E-state index is -3.70. The van der Waals surface area contributed by atoms with Crippen LogP contribution in [-0.2, 0) is 10.0 Å². The molecule has 154 valence electrons. The number of nitrogens with one attached hydrogen (secondary N) is 1. The van der Waals surface area contributed by atoms with E-state index in [0.29, 0.717) is 0 Å². The van der Waals surface area contributed by atoms with Gasteiger partial charge in [-0.25, -0.2) is 4.83 Å². The van der Waals surface area contributed by atoms with E-state index in [2.05, 4.69) is 40.3 Å². The zero-order chi connectivity index (χ0) is 21.6. The van der Waals surface area contributed by atoms with Crippen LogP contribution in [0.3, 0.4) is 0 Å². The molecule has 0 atom stereocenters. The van der Waals surface area contributed by atoms with Gasteiger partial charge in [0, 0.05) is 11.6 Å². The third-order valence-electron chi connectivity index (χ3n) is 4.59. The van der Waals surface area contributed by atoms with Gasteiger partial charge >= 0.3 is 0 Å². The third-order valence-corrected chi connectivity index (χ3v) is 5.83. The molecule has 0 aliphatic rings. The van der Waals surface area contributed by atoms with Crippen molar-refractivity contribution in [3.05, 3.63) is 108 Å². The van der Waals surface area contributed by atoms with Crippen LogP contribution in [0.15, 0.2) is 101 Å². The van der Waals surface area contributed by atoms with Crippen LogP contribution >= 0.6 is 0 Å². The van der Waals surface area contributed by atoms with Gasteiger partial charge in [-0.3, -0.25) is 0 Å². The zero-order valence-electron chi connectivity index (χ0n) is 17.4. The Hall–Kier alpha value is -3.18. The van der Waals surface area contributed by atoms with Crippen molar-refractivity contribution in [3.8, 4) is 0 Å². The van der Waals surface area contributed by atoms with Crippen molar-refractivity contribution in [2.75, 3.05) is 0 Å². The lowest BCUT2D eigenvalue weighted by atomic mass is 9.87. The van der Waals surface area contributed by atoms with Crippen LogP contribution in [-0.4, -0.2) is 14.6 Å². The molecule has 4 nitrogen and oxygen atoms in total. The molecule has 0 aromatic heterocycles. The molecule has 3 aromatic rings. The molecular weight excluding hydrogens is 392 g/mol. The van der Waals surface area contributed by atoms with Crippen LogP contribution in [0.2, 0.25) is 0 Å². The Labute approximate surface area is 179 Å². The molecular formula is C25H26N2O2S. The molecule has 0 saturated carbocycles. The summed E-state index contributed by atoms with van der Waals surface area (Å²) in [4.78, 5) is 2.50. The monoisotopic (exact) mass is 418 g/mol. The molecule has 1 N–H and O–H groups in total. The van der Waals surface area contributed by atoms with Gasteiger partial charge < -0.3 is 0 Å². The van der Waals surface area contributed by atoms with Gasteiger partial charge in [-0.2, -0.15) is 13.5 Å². The number of sulfonamides is 1. The summed E-state index contributed by atoms with van der Waals surface area (Å²) in [6.07, 6.45) is 3.71. The predicted octanol–water partition coefficient (Wildman–Crippen LogP) is 5.42. The molecule has 0 aliphatic carbocycles. The predicted molar refractivity (Wildman–Crippen MR) is 124 cm³/mol. The first-order valence-electron chi connectivity index (χ1n) is 9.73. The van der Waals surface area contributed by atoms with Gasteiger partial charge in [0.25, 0.3) is 10.0 Å². The Morgan fingerprint density at radius 2 is 1.33 bits per heavy atom. The fourth-order valence-electron chi connectivity index (χ4n) is 3.01. The molecule has 0 fully saturated rings. The number of allylic oxidation sites excluding steroid dienone is 1. The molecule has 0 aliphatic heterocycles. The lowest BCUT2D eigenvalue weighted by Crippen LogP contribution is -2.21. The maximum atomic E-state index is 12.5. The highest BCUT2D eigenvalue weighted by atomic mass is 32.2. The van der Waals surface area contributed by atoms with Crippen LogP contribution in [0.4, 0.5) is 0 Å². The highest BCUT2D eigenvalue weighted by molar-refractivity contribution is 7.89. The molecule has 3 rings (SSSR count). The fraction of sp³-hybridized carbons (Fsp3) is 0.160. The number of benzene rings is 3. The summed E-state index contributed by atoms with van der Waals surface area (Å²) in [5.74, 6) is 0. The second-order valence-corrected chi connectivity index (χ2v) is 9.44. The van der Waals surface area contributed by atoms with E-state index in [1.165, 1.54) is 0 Å². The number of hydrazone groups is 1. The van der Waals surface area contributed by atoms with Gasteiger partial charge in [-0.15, -0.1) is 0 Å². The Balaban J connectivity index is 1.87. The summed E-state index contributed by atoms with van der Waals surface area (Å²) >= 11 is 0. The largest absolute Gasteiger partial charge is 0.276 e. The maximum absolute atomic E-state index is 12.5.